The predicted molar refractivity (Wildman–Crippen MR) is 86.1 cm³/mol. The van der Waals surface area contributed by atoms with Crippen LogP contribution in [0.15, 0.2) is 24.3 Å². The molecule has 1 aliphatic rings. The summed E-state index contributed by atoms with van der Waals surface area (Å²) in [4.78, 5) is 2.40. The molecule has 1 fully saturated rings. The lowest BCUT2D eigenvalue weighted by molar-refractivity contribution is 0.102. The quantitative estimate of drug-likeness (QED) is 0.810. The van der Waals surface area contributed by atoms with Gasteiger partial charge in [0.25, 0.3) is 0 Å². The molecular formula is C16H25ClN2O2. The van der Waals surface area contributed by atoms with Crippen LogP contribution in [0.2, 0.25) is 5.02 Å². The number of ether oxygens (including phenoxy) is 1. The Balaban J connectivity index is 1.61. The maximum Gasteiger partial charge on any atom is 0.119 e. The molecule has 0 aromatic heterocycles. The molecule has 1 aromatic rings. The molecule has 2 rings (SSSR count). The van der Waals surface area contributed by atoms with Gasteiger partial charge in [-0.1, -0.05) is 18.0 Å². The molecule has 0 radical (unpaired) electrons. The van der Waals surface area contributed by atoms with Gasteiger partial charge < -0.3 is 20.1 Å². The van der Waals surface area contributed by atoms with Crippen molar-refractivity contribution in [2.24, 2.45) is 0 Å². The predicted octanol–water partition coefficient (Wildman–Crippen LogP) is 2.15. The number of likely N-dealkylation sites (tertiary alicyclic amines) is 1. The van der Waals surface area contributed by atoms with Crippen molar-refractivity contribution < 1.29 is 9.84 Å². The molecule has 2 N–H and O–H groups in total. The minimum absolute atomic E-state index is 0.287. The number of aliphatic hydroxyl groups is 1. The van der Waals surface area contributed by atoms with E-state index in [1.54, 1.807) is 24.3 Å². The number of nitrogens with zero attached hydrogens (tertiary/aromatic N) is 1. The number of halogens is 1. The Labute approximate surface area is 132 Å². The van der Waals surface area contributed by atoms with Gasteiger partial charge in [0.15, 0.2) is 0 Å². The van der Waals surface area contributed by atoms with Gasteiger partial charge in [0, 0.05) is 24.2 Å². The number of benzene rings is 1. The van der Waals surface area contributed by atoms with E-state index in [0.717, 1.165) is 12.3 Å². The summed E-state index contributed by atoms with van der Waals surface area (Å²) in [5.74, 6) is 0.727. The number of aliphatic hydroxyl groups excluding tert-OH is 1. The van der Waals surface area contributed by atoms with E-state index < -0.39 is 6.10 Å². The monoisotopic (exact) mass is 312 g/mol. The van der Waals surface area contributed by atoms with Crippen molar-refractivity contribution in [2.45, 2.75) is 31.4 Å². The summed E-state index contributed by atoms with van der Waals surface area (Å²) in [7, 11) is 2.17. The zero-order valence-corrected chi connectivity index (χ0v) is 13.4. The SMILES string of the molecule is CN1CCCCC1CNCC(O)COc1ccc(Cl)cc1. The second kappa shape index (κ2) is 8.59. The van der Waals surface area contributed by atoms with Crippen LogP contribution in [0.25, 0.3) is 0 Å². The van der Waals surface area contributed by atoms with Gasteiger partial charge in [0.1, 0.15) is 18.5 Å². The van der Waals surface area contributed by atoms with Gasteiger partial charge in [-0.2, -0.15) is 0 Å². The molecule has 118 valence electrons. The van der Waals surface area contributed by atoms with Crippen LogP contribution in [-0.4, -0.2) is 55.4 Å². The van der Waals surface area contributed by atoms with Gasteiger partial charge >= 0.3 is 0 Å². The van der Waals surface area contributed by atoms with E-state index in [1.165, 1.54) is 25.8 Å². The highest BCUT2D eigenvalue weighted by atomic mass is 35.5. The van der Waals surface area contributed by atoms with Crippen molar-refractivity contribution in [1.29, 1.82) is 0 Å². The average molecular weight is 313 g/mol. The van der Waals surface area contributed by atoms with Crippen molar-refractivity contribution in [3.63, 3.8) is 0 Å². The normalized spacial score (nSPS) is 21.2. The average Bonchev–Trinajstić information content (AvgIpc) is 2.49. The van der Waals surface area contributed by atoms with E-state index in [0.29, 0.717) is 17.6 Å². The number of likely N-dealkylation sites (N-methyl/N-ethyl adjacent to an activating group) is 1. The first-order chi connectivity index (χ1) is 10.1. The molecule has 1 heterocycles. The first kappa shape index (κ1) is 16.6. The van der Waals surface area contributed by atoms with Crippen molar-refractivity contribution in [3.05, 3.63) is 29.3 Å². The van der Waals surface area contributed by atoms with Crippen LogP contribution < -0.4 is 10.1 Å². The number of hydrogen-bond donors (Lipinski definition) is 2. The summed E-state index contributed by atoms with van der Waals surface area (Å²) in [6, 6.07) is 7.75. The third-order valence-electron chi connectivity index (χ3n) is 3.94. The Morgan fingerprint density at radius 3 is 2.86 bits per heavy atom. The summed E-state index contributed by atoms with van der Waals surface area (Å²) in [6.45, 7) is 2.94. The van der Waals surface area contributed by atoms with E-state index in [-0.39, 0.29) is 6.61 Å². The minimum Gasteiger partial charge on any atom is -0.491 e. The molecule has 1 aromatic carbocycles. The lowest BCUT2D eigenvalue weighted by atomic mass is 10.0. The second-order valence-corrected chi connectivity index (χ2v) is 6.14. The summed E-state index contributed by atoms with van der Waals surface area (Å²) in [6.07, 6.45) is 3.33. The number of hydrogen-bond acceptors (Lipinski definition) is 4. The third-order valence-corrected chi connectivity index (χ3v) is 4.19. The maximum absolute atomic E-state index is 9.93. The fourth-order valence-corrected chi connectivity index (χ4v) is 2.73. The molecule has 4 nitrogen and oxygen atoms in total. The standard InChI is InChI=1S/C16H25ClN2O2/c1-19-9-3-2-4-14(19)10-18-11-15(20)12-21-16-7-5-13(17)6-8-16/h5-8,14-15,18,20H,2-4,9-12H2,1H3. The topological polar surface area (TPSA) is 44.7 Å². The fourth-order valence-electron chi connectivity index (χ4n) is 2.60. The Morgan fingerprint density at radius 1 is 1.38 bits per heavy atom. The summed E-state index contributed by atoms with van der Waals surface area (Å²) in [5.41, 5.74) is 0. The van der Waals surface area contributed by atoms with Crippen LogP contribution in [0.3, 0.4) is 0 Å². The van der Waals surface area contributed by atoms with Crippen molar-refractivity contribution in [2.75, 3.05) is 33.3 Å². The van der Waals surface area contributed by atoms with E-state index in [1.807, 2.05) is 0 Å². The largest absolute Gasteiger partial charge is 0.491 e. The van der Waals surface area contributed by atoms with E-state index in [2.05, 4.69) is 17.3 Å². The molecular weight excluding hydrogens is 288 g/mol. The Morgan fingerprint density at radius 2 is 2.14 bits per heavy atom. The lowest BCUT2D eigenvalue weighted by Gasteiger charge is -2.32. The Hall–Kier alpha value is -0.810. The zero-order valence-electron chi connectivity index (χ0n) is 12.6. The highest BCUT2D eigenvalue weighted by Gasteiger charge is 2.18. The van der Waals surface area contributed by atoms with Crippen molar-refractivity contribution >= 4 is 11.6 Å². The molecule has 0 aliphatic carbocycles. The van der Waals surface area contributed by atoms with Crippen LogP contribution in [0.4, 0.5) is 0 Å². The molecule has 2 unspecified atom stereocenters. The van der Waals surface area contributed by atoms with Gasteiger partial charge in [-0.05, 0) is 50.7 Å². The second-order valence-electron chi connectivity index (χ2n) is 5.71. The lowest BCUT2D eigenvalue weighted by Crippen LogP contribution is -2.45. The molecule has 0 amide bonds. The first-order valence-electron chi connectivity index (χ1n) is 7.62. The number of rotatable bonds is 7. The Bertz CT molecular complexity index is 413. The van der Waals surface area contributed by atoms with Crippen LogP contribution in [0.5, 0.6) is 5.75 Å². The maximum atomic E-state index is 9.93. The zero-order chi connectivity index (χ0) is 15.1. The summed E-state index contributed by atoms with van der Waals surface area (Å²) >= 11 is 5.81. The van der Waals surface area contributed by atoms with E-state index in [9.17, 15) is 5.11 Å². The third kappa shape index (κ3) is 5.83. The highest BCUT2D eigenvalue weighted by molar-refractivity contribution is 6.30. The van der Waals surface area contributed by atoms with Gasteiger partial charge in [0.05, 0.1) is 0 Å². The first-order valence-corrected chi connectivity index (χ1v) is 8.00. The van der Waals surface area contributed by atoms with E-state index >= 15 is 0 Å². The molecule has 5 heteroatoms. The molecule has 21 heavy (non-hydrogen) atoms. The van der Waals surface area contributed by atoms with Crippen molar-refractivity contribution in [1.82, 2.24) is 10.2 Å². The van der Waals surface area contributed by atoms with E-state index in [4.69, 9.17) is 16.3 Å². The van der Waals surface area contributed by atoms with Crippen LogP contribution in [0.1, 0.15) is 19.3 Å². The summed E-state index contributed by atoms with van der Waals surface area (Å²) in [5, 5.41) is 14.0. The highest BCUT2D eigenvalue weighted by Crippen LogP contribution is 2.16. The Kier molecular flexibility index (Phi) is 6.77. The van der Waals surface area contributed by atoms with Crippen LogP contribution >= 0.6 is 11.6 Å². The van der Waals surface area contributed by atoms with Crippen LogP contribution in [-0.2, 0) is 0 Å². The van der Waals surface area contributed by atoms with Crippen LogP contribution in [0, 0.1) is 0 Å². The van der Waals surface area contributed by atoms with Gasteiger partial charge in [-0.15, -0.1) is 0 Å². The summed E-state index contributed by atoms with van der Waals surface area (Å²) < 4.78 is 5.53. The molecule has 1 saturated heterocycles. The molecule has 1 aliphatic heterocycles. The number of nitrogens with one attached hydrogen (secondary N) is 1. The fraction of sp³-hybridized carbons (Fsp3) is 0.625. The number of piperidine rings is 1. The smallest absolute Gasteiger partial charge is 0.119 e. The van der Waals surface area contributed by atoms with Gasteiger partial charge in [-0.3, -0.25) is 0 Å². The molecule has 0 bridgehead atoms. The van der Waals surface area contributed by atoms with Gasteiger partial charge in [0.2, 0.25) is 0 Å². The molecule has 2 atom stereocenters. The van der Waals surface area contributed by atoms with Gasteiger partial charge in [-0.25, -0.2) is 0 Å². The van der Waals surface area contributed by atoms with Crippen molar-refractivity contribution in [3.8, 4) is 5.75 Å². The minimum atomic E-state index is -0.505. The molecule has 0 saturated carbocycles. The molecule has 0 spiro atoms.